The molecule has 160 valence electrons. The standard InChI is InChI=1S/C20H21F2N9/c1-11-9-30(12(2)19(28-11)13-6-26-27-7-13)18-5-15(24-10-25-18)16-8-23-17-4-3-14(20(21)22)29-31(16)17/h3-8,10-12,19-20,28H,9H2,1-2H3,(H,26,27). The smallest absolute Gasteiger partial charge is 0.282 e. The number of aromatic nitrogens is 7. The third-order valence-electron chi connectivity index (χ3n) is 5.60. The van der Waals surface area contributed by atoms with Crippen LogP contribution in [0.4, 0.5) is 14.6 Å². The van der Waals surface area contributed by atoms with Gasteiger partial charge in [-0.15, -0.1) is 0 Å². The molecule has 11 heteroatoms. The van der Waals surface area contributed by atoms with Crippen LogP contribution in [-0.2, 0) is 0 Å². The fourth-order valence-corrected chi connectivity index (χ4v) is 4.07. The summed E-state index contributed by atoms with van der Waals surface area (Å²) < 4.78 is 27.7. The molecule has 0 radical (unpaired) electrons. The number of imidazole rings is 1. The number of hydrogen-bond donors (Lipinski definition) is 2. The lowest BCUT2D eigenvalue weighted by Gasteiger charge is -2.43. The van der Waals surface area contributed by atoms with E-state index >= 15 is 0 Å². The molecule has 1 aliphatic rings. The number of nitrogens with zero attached hydrogens (tertiary/aromatic N) is 7. The summed E-state index contributed by atoms with van der Waals surface area (Å²) in [5.41, 5.74) is 2.33. The van der Waals surface area contributed by atoms with E-state index in [4.69, 9.17) is 0 Å². The van der Waals surface area contributed by atoms with E-state index < -0.39 is 6.43 Å². The summed E-state index contributed by atoms with van der Waals surface area (Å²) >= 11 is 0. The summed E-state index contributed by atoms with van der Waals surface area (Å²) in [6, 6.07) is 5.05. The van der Waals surface area contributed by atoms with Crippen LogP contribution in [0, 0.1) is 0 Å². The number of piperazine rings is 1. The Morgan fingerprint density at radius 2 is 2.00 bits per heavy atom. The molecule has 0 spiro atoms. The minimum Gasteiger partial charge on any atom is -0.350 e. The molecule has 5 rings (SSSR count). The third kappa shape index (κ3) is 3.50. The molecule has 3 atom stereocenters. The van der Waals surface area contributed by atoms with Crippen LogP contribution >= 0.6 is 0 Å². The Kier molecular flexibility index (Phi) is 4.81. The van der Waals surface area contributed by atoms with E-state index in [2.05, 4.69) is 54.3 Å². The summed E-state index contributed by atoms with van der Waals surface area (Å²) in [5, 5.41) is 14.6. The first-order valence-corrected chi connectivity index (χ1v) is 9.98. The van der Waals surface area contributed by atoms with Gasteiger partial charge in [-0.25, -0.2) is 28.2 Å². The number of rotatable bonds is 4. The highest BCUT2D eigenvalue weighted by atomic mass is 19.3. The van der Waals surface area contributed by atoms with Crippen molar-refractivity contribution in [2.75, 3.05) is 11.4 Å². The van der Waals surface area contributed by atoms with E-state index in [1.54, 1.807) is 6.20 Å². The fraction of sp³-hybridized carbons (Fsp3) is 0.350. The lowest BCUT2D eigenvalue weighted by molar-refractivity contribution is 0.144. The number of hydrogen-bond acceptors (Lipinski definition) is 7. The van der Waals surface area contributed by atoms with Crippen molar-refractivity contribution in [3.05, 3.63) is 54.4 Å². The molecule has 4 aromatic heterocycles. The van der Waals surface area contributed by atoms with E-state index in [0.29, 0.717) is 17.0 Å². The second-order valence-electron chi connectivity index (χ2n) is 7.70. The normalized spacial score (nSPS) is 21.8. The summed E-state index contributed by atoms with van der Waals surface area (Å²) in [4.78, 5) is 15.3. The third-order valence-corrected chi connectivity index (χ3v) is 5.60. The summed E-state index contributed by atoms with van der Waals surface area (Å²) in [5.74, 6) is 0.749. The molecule has 0 saturated carbocycles. The van der Waals surface area contributed by atoms with Crippen LogP contribution in [0.2, 0.25) is 0 Å². The SMILES string of the molecule is CC1CN(c2cc(-c3cnc4ccc(C(F)F)nn34)ncn2)C(C)C(c2cn[nH]c2)N1. The molecule has 0 bridgehead atoms. The quantitative estimate of drug-likeness (QED) is 0.519. The van der Waals surface area contributed by atoms with E-state index in [-0.39, 0.29) is 23.8 Å². The van der Waals surface area contributed by atoms with Gasteiger partial charge in [-0.2, -0.15) is 10.2 Å². The number of nitrogens with one attached hydrogen (secondary N) is 2. The second kappa shape index (κ2) is 7.65. The van der Waals surface area contributed by atoms with Crippen molar-refractivity contribution < 1.29 is 8.78 Å². The Morgan fingerprint density at radius 1 is 1.13 bits per heavy atom. The summed E-state index contributed by atoms with van der Waals surface area (Å²) in [6.07, 6.45) is 4.11. The number of H-pyrrole nitrogens is 1. The van der Waals surface area contributed by atoms with Crippen LogP contribution in [0.5, 0.6) is 0 Å². The van der Waals surface area contributed by atoms with Crippen LogP contribution in [0.25, 0.3) is 17.0 Å². The fourth-order valence-electron chi connectivity index (χ4n) is 4.07. The van der Waals surface area contributed by atoms with Gasteiger partial charge in [0.1, 0.15) is 23.5 Å². The van der Waals surface area contributed by atoms with Crippen molar-refractivity contribution in [3.63, 3.8) is 0 Å². The molecule has 2 N–H and O–H groups in total. The monoisotopic (exact) mass is 425 g/mol. The van der Waals surface area contributed by atoms with Gasteiger partial charge in [-0.1, -0.05) is 0 Å². The van der Waals surface area contributed by atoms with Gasteiger partial charge in [0.25, 0.3) is 6.43 Å². The van der Waals surface area contributed by atoms with Crippen molar-refractivity contribution in [3.8, 4) is 11.4 Å². The molecule has 1 fully saturated rings. The average molecular weight is 425 g/mol. The minimum atomic E-state index is -2.66. The number of aromatic amines is 1. The van der Waals surface area contributed by atoms with E-state index in [9.17, 15) is 8.78 Å². The zero-order valence-corrected chi connectivity index (χ0v) is 16.9. The molecule has 0 aromatic carbocycles. The predicted octanol–water partition coefficient (Wildman–Crippen LogP) is 2.77. The van der Waals surface area contributed by atoms with E-state index in [1.807, 2.05) is 18.5 Å². The van der Waals surface area contributed by atoms with Crippen LogP contribution < -0.4 is 10.2 Å². The van der Waals surface area contributed by atoms with Crippen molar-refractivity contribution in [1.29, 1.82) is 0 Å². The lowest BCUT2D eigenvalue weighted by Crippen LogP contribution is -2.56. The highest BCUT2D eigenvalue weighted by Crippen LogP contribution is 2.30. The maximum atomic E-state index is 13.1. The average Bonchev–Trinajstić information content (AvgIpc) is 3.44. The van der Waals surface area contributed by atoms with Crippen LogP contribution in [0.1, 0.15) is 37.6 Å². The van der Waals surface area contributed by atoms with Gasteiger partial charge in [0, 0.05) is 36.5 Å². The molecule has 4 aromatic rings. The topological polar surface area (TPSA) is 99.9 Å². The number of fused-ring (bicyclic) bond motifs is 1. The molecule has 9 nitrogen and oxygen atoms in total. The predicted molar refractivity (Wildman–Crippen MR) is 110 cm³/mol. The summed E-state index contributed by atoms with van der Waals surface area (Å²) in [7, 11) is 0. The van der Waals surface area contributed by atoms with Crippen LogP contribution in [0.15, 0.2) is 43.1 Å². The zero-order valence-electron chi connectivity index (χ0n) is 16.9. The molecular formula is C20H21F2N9. The molecule has 0 aliphatic carbocycles. The first-order valence-electron chi connectivity index (χ1n) is 9.98. The van der Waals surface area contributed by atoms with Crippen molar-refractivity contribution in [1.82, 2.24) is 40.1 Å². The molecule has 5 heterocycles. The Hall–Kier alpha value is -3.47. The molecule has 31 heavy (non-hydrogen) atoms. The maximum Gasteiger partial charge on any atom is 0.282 e. The van der Waals surface area contributed by atoms with Crippen LogP contribution in [0.3, 0.4) is 0 Å². The van der Waals surface area contributed by atoms with Gasteiger partial charge in [-0.05, 0) is 26.0 Å². The van der Waals surface area contributed by atoms with Crippen molar-refractivity contribution in [2.24, 2.45) is 0 Å². The van der Waals surface area contributed by atoms with E-state index in [1.165, 1.54) is 23.0 Å². The van der Waals surface area contributed by atoms with Gasteiger partial charge in [0.05, 0.1) is 24.1 Å². The highest BCUT2D eigenvalue weighted by molar-refractivity contribution is 5.62. The van der Waals surface area contributed by atoms with Gasteiger partial charge < -0.3 is 10.2 Å². The zero-order chi connectivity index (χ0) is 21.5. The molecule has 1 aliphatic heterocycles. The maximum absolute atomic E-state index is 13.1. The summed E-state index contributed by atoms with van der Waals surface area (Å²) in [6.45, 7) is 5.00. The number of anilines is 1. The Morgan fingerprint density at radius 3 is 2.77 bits per heavy atom. The lowest BCUT2D eigenvalue weighted by atomic mass is 9.97. The largest absolute Gasteiger partial charge is 0.350 e. The van der Waals surface area contributed by atoms with Gasteiger partial charge >= 0.3 is 0 Å². The van der Waals surface area contributed by atoms with Crippen molar-refractivity contribution >= 4 is 11.5 Å². The Balaban J connectivity index is 1.52. The second-order valence-corrected chi connectivity index (χ2v) is 7.70. The first kappa shape index (κ1) is 19.5. The first-order chi connectivity index (χ1) is 15.0. The molecule has 3 unspecified atom stereocenters. The minimum absolute atomic E-state index is 0.0759. The van der Waals surface area contributed by atoms with Crippen molar-refractivity contribution in [2.45, 2.75) is 38.4 Å². The van der Waals surface area contributed by atoms with Gasteiger partial charge in [0.15, 0.2) is 5.65 Å². The Labute approximate surface area is 176 Å². The molecule has 1 saturated heterocycles. The van der Waals surface area contributed by atoms with Gasteiger partial charge in [0.2, 0.25) is 0 Å². The number of halogens is 2. The highest BCUT2D eigenvalue weighted by Gasteiger charge is 2.33. The molecular weight excluding hydrogens is 404 g/mol. The number of alkyl halides is 2. The van der Waals surface area contributed by atoms with Crippen LogP contribution in [-0.4, -0.2) is 53.4 Å². The van der Waals surface area contributed by atoms with Gasteiger partial charge in [-0.3, -0.25) is 5.10 Å². The van der Waals surface area contributed by atoms with E-state index in [0.717, 1.165) is 17.9 Å². The Bertz CT molecular complexity index is 1190. The molecule has 0 amide bonds.